The van der Waals surface area contributed by atoms with Crippen molar-refractivity contribution in [1.29, 1.82) is 0 Å². The maximum absolute atomic E-state index is 10.4. The van der Waals surface area contributed by atoms with Gasteiger partial charge in [-0.1, -0.05) is 11.6 Å². The van der Waals surface area contributed by atoms with Gasteiger partial charge in [-0.3, -0.25) is 0 Å². The van der Waals surface area contributed by atoms with Gasteiger partial charge in [0.15, 0.2) is 6.23 Å². The van der Waals surface area contributed by atoms with Crippen molar-refractivity contribution in [2.75, 3.05) is 6.61 Å². The quantitative estimate of drug-likeness (QED) is 0.679. The van der Waals surface area contributed by atoms with E-state index in [1.165, 1.54) is 13.3 Å². The minimum Gasteiger partial charge on any atom is -0.394 e. The molecular weight excluding hydrogens is 286 g/mol. The highest BCUT2D eigenvalue weighted by molar-refractivity contribution is 6.33. The zero-order valence-corrected chi connectivity index (χ0v) is 11.4. The lowest BCUT2D eigenvalue weighted by Gasteiger charge is -2.27. The summed E-state index contributed by atoms with van der Waals surface area (Å²) >= 11 is 5.98. The Kier molecular flexibility index (Phi) is 3.19. The standard InChI is InChI=1S/C12H14ClN3O4/c1-12(19)8(18)7(4-17)20-11(12)16-3-2-6-9(13)14-5-15-10(6)16/h2-3,5,7-8,11,17-19H,4H2,1H3/t7-,8?,11-,12+/m1/s1. The van der Waals surface area contributed by atoms with Crippen LogP contribution < -0.4 is 0 Å². The Balaban J connectivity index is 2.10. The summed E-state index contributed by atoms with van der Waals surface area (Å²) in [6, 6.07) is 1.70. The molecule has 0 radical (unpaired) electrons. The van der Waals surface area contributed by atoms with Crippen LogP contribution in [-0.2, 0) is 4.74 Å². The van der Waals surface area contributed by atoms with E-state index in [9.17, 15) is 15.3 Å². The van der Waals surface area contributed by atoms with Crippen LogP contribution >= 0.6 is 11.6 Å². The highest BCUT2D eigenvalue weighted by atomic mass is 35.5. The van der Waals surface area contributed by atoms with E-state index in [1.54, 1.807) is 16.8 Å². The fourth-order valence-corrected chi connectivity index (χ4v) is 2.71. The molecule has 8 heteroatoms. The van der Waals surface area contributed by atoms with E-state index in [-0.39, 0.29) is 6.61 Å². The van der Waals surface area contributed by atoms with Crippen molar-refractivity contribution >= 4 is 22.6 Å². The number of halogens is 1. The second-order valence-corrected chi connectivity index (χ2v) is 5.36. The van der Waals surface area contributed by atoms with Gasteiger partial charge in [0.05, 0.1) is 12.0 Å². The van der Waals surface area contributed by atoms with Crippen LogP contribution in [0.4, 0.5) is 0 Å². The Hall–Kier alpha value is -1.25. The zero-order valence-electron chi connectivity index (χ0n) is 10.6. The van der Waals surface area contributed by atoms with Gasteiger partial charge in [0, 0.05) is 6.20 Å². The predicted octanol–water partition coefficient (Wildman–Crippen LogP) is 0.0863. The molecule has 0 saturated carbocycles. The summed E-state index contributed by atoms with van der Waals surface area (Å²) in [5, 5.41) is 30.6. The van der Waals surface area contributed by atoms with E-state index in [2.05, 4.69) is 9.97 Å². The van der Waals surface area contributed by atoms with Gasteiger partial charge in [0.25, 0.3) is 0 Å². The molecule has 0 spiro atoms. The lowest BCUT2D eigenvalue weighted by Crippen LogP contribution is -2.44. The number of nitrogens with zero attached hydrogens (tertiary/aromatic N) is 3. The second-order valence-electron chi connectivity index (χ2n) is 5.00. The fourth-order valence-electron chi connectivity index (χ4n) is 2.52. The van der Waals surface area contributed by atoms with Crippen molar-refractivity contribution in [2.24, 2.45) is 0 Å². The summed E-state index contributed by atoms with van der Waals surface area (Å²) in [6.45, 7) is 1.06. The number of ether oxygens (including phenoxy) is 1. The Morgan fingerprint density at radius 1 is 1.50 bits per heavy atom. The highest BCUT2D eigenvalue weighted by Gasteiger charge is 2.53. The third-order valence-corrected chi connectivity index (χ3v) is 3.95. The summed E-state index contributed by atoms with van der Waals surface area (Å²) in [5.74, 6) is 0. The molecular formula is C12H14ClN3O4. The number of aliphatic hydroxyl groups excluding tert-OH is 2. The first kappa shape index (κ1) is 13.7. The molecule has 4 atom stereocenters. The van der Waals surface area contributed by atoms with E-state index in [4.69, 9.17) is 16.3 Å². The summed E-state index contributed by atoms with van der Waals surface area (Å²) in [4.78, 5) is 8.00. The zero-order chi connectivity index (χ0) is 14.5. The molecule has 0 aliphatic carbocycles. The third-order valence-electron chi connectivity index (χ3n) is 3.65. The van der Waals surface area contributed by atoms with Crippen molar-refractivity contribution in [3.63, 3.8) is 0 Å². The van der Waals surface area contributed by atoms with Gasteiger partial charge in [-0.25, -0.2) is 9.97 Å². The van der Waals surface area contributed by atoms with Crippen LogP contribution in [0.25, 0.3) is 11.0 Å². The number of hydrogen-bond acceptors (Lipinski definition) is 6. The summed E-state index contributed by atoms with van der Waals surface area (Å²) in [6.07, 6.45) is 0.0249. The van der Waals surface area contributed by atoms with E-state index >= 15 is 0 Å². The van der Waals surface area contributed by atoms with E-state index in [1.807, 2.05) is 0 Å². The van der Waals surface area contributed by atoms with E-state index in [0.29, 0.717) is 16.2 Å². The first-order valence-corrected chi connectivity index (χ1v) is 6.48. The van der Waals surface area contributed by atoms with Crippen LogP contribution in [0.1, 0.15) is 13.2 Å². The molecule has 20 heavy (non-hydrogen) atoms. The number of fused-ring (bicyclic) bond motifs is 1. The second kappa shape index (κ2) is 4.64. The summed E-state index contributed by atoms with van der Waals surface area (Å²) in [5.41, 5.74) is -1.07. The molecule has 0 amide bonds. The Morgan fingerprint density at radius 3 is 2.90 bits per heavy atom. The molecule has 0 bridgehead atoms. The lowest BCUT2D eigenvalue weighted by atomic mass is 9.96. The van der Waals surface area contributed by atoms with Gasteiger partial charge in [0.1, 0.15) is 34.9 Å². The van der Waals surface area contributed by atoms with Gasteiger partial charge in [-0.2, -0.15) is 0 Å². The lowest BCUT2D eigenvalue weighted by molar-refractivity contribution is -0.0948. The van der Waals surface area contributed by atoms with Crippen LogP contribution in [0, 0.1) is 0 Å². The van der Waals surface area contributed by atoms with E-state index < -0.39 is 24.0 Å². The maximum Gasteiger partial charge on any atom is 0.167 e. The van der Waals surface area contributed by atoms with Gasteiger partial charge in [-0.05, 0) is 13.0 Å². The number of aromatic nitrogens is 3. The molecule has 3 rings (SSSR count). The van der Waals surface area contributed by atoms with Crippen LogP contribution in [0.2, 0.25) is 5.15 Å². The smallest absolute Gasteiger partial charge is 0.167 e. The normalized spacial score (nSPS) is 34.0. The Morgan fingerprint density at radius 2 is 2.25 bits per heavy atom. The third kappa shape index (κ3) is 1.82. The summed E-state index contributed by atoms with van der Waals surface area (Å²) < 4.78 is 7.11. The van der Waals surface area contributed by atoms with Crippen molar-refractivity contribution in [2.45, 2.75) is 31.0 Å². The van der Waals surface area contributed by atoms with Crippen molar-refractivity contribution in [3.05, 3.63) is 23.7 Å². The van der Waals surface area contributed by atoms with Crippen molar-refractivity contribution in [1.82, 2.24) is 14.5 Å². The molecule has 108 valence electrons. The topological polar surface area (TPSA) is 101 Å². The first-order valence-electron chi connectivity index (χ1n) is 6.10. The molecule has 1 aliphatic rings. The molecule has 1 saturated heterocycles. The van der Waals surface area contributed by atoms with Gasteiger partial charge >= 0.3 is 0 Å². The number of rotatable bonds is 2. The van der Waals surface area contributed by atoms with Crippen molar-refractivity contribution in [3.8, 4) is 0 Å². The van der Waals surface area contributed by atoms with Crippen LogP contribution in [0.15, 0.2) is 18.6 Å². The molecule has 7 nitrogen and oxygen atoms in total. The molecule has 0 aromatic carbocycles. The molecule has 3 heterocycles. The Labute approximate surface area is 119 Å². The average Bonchev–Trinajstić information content (AvgIpc) is 2.92. The van der Waals surface area contributed by atoms with Gasteiger partial charge in [-0.15, -0.1) is 0 Å². The minimum absolute atomic E-state index is 0.297. The predicted molar refractivity (Wildman–Crippen MR) is 70.2 cm³/mol. The minimum atomic E-state index is -1.56. The number of aliphatic hydroxyl groups is 3. The molecule has 1 fully saturated rings. The maximum atomic E-state index is 10.4. The molecule has 1 unspecified atom stereocenters. The van der Waals surface area contributed by atoms with Gasteiger partial charge < -0.3 is 24.6 Å². The van der Waals surface area contributed by atoms with Gasteiger partial charge in [0.2, 0.25) is 0 Å². The molecule has 2 aromatic heterocycles. The van der Waals surface area contributed by atoms with Crippen molar-refractivity contribution < 1.29 is 20.1 Å². The average molecular weight is 300 g/mol. The van der Waals surface area contributed by atoms with Crippen LogP contribution in [0.3, 0.4) is 0 Å². The van der Waals surface area contributed by atoms with E-state index in [0.717, 1.165) is 0 Å². The molecule has 1 aliphatic heterocycles. The van der Waals surface area contributed by atoms with Crippen LogP contribution in [-0.4, -0.2) is 54.3 Å². The molecule has 2 aromatic rings. The fraction of sp³-hybridized carbons (Fsp3) is 0.500. The Bertz CT molecular complexity index is 645. The highest BCUT2D eigenvalue weighted by Crippen LogP contribution is 2.39. The summed E-state index contributed by atoms with van der Waals surface area (Å²) in [7, 11) is 0. The molecule has 3 N–H and O–H groups in total. The number of hydrogen-bond donors (Lipinski definition) is 3. The van der Waals surface area contributed by atoms with Crippen LogP contribution in [0.5, 0.6) is 0 Å². The monoisotopic (exact) mass is 299 g/mol. The SMILES string of the molecule is C[C@]1(O)C(O)[C@@H](CO)O[C@H]1n1ccc2c(Cl)ncnc21. The first-order chi connectivity index (χ1) is 9.46. The largest absolute Gasteiger partial charge is 0.394 e.